The van der Waals surface area contributed by atoms with Crippen LogP contribution in [0.2, 0.25) is 0 Å². The molecule has 0 aromatic heterocycles. The third-order valence-corrected chi connectivity index (χ3v) is 4.61. The Morgan fingerprint density at radius 1 is 1.43 bits per heavy atom. The summed E-state index contributed by atoms with van der Waals surface area (Å²) in [5.74, 6) is 0. The van der Waals surface area contributed by atoms with Crippen molar-refractivity contribution in [1.29, 1.82) is 0 Å². The molecule has 0 aromatic carbocycles. The zero-order valence-electron chi connectivity index (χ0n) is 5.15. The van der Waals surface area contributed by atoms with Crippen molar-refractivity contribution in [3.63, 3.8) is 0 Å². The van der Waals surface area contributed by atoms with E-state index in [9.17, 15) is 0 Å². The van der Waals surface area contributed by atoms with Crippen LogP contribution in [0.15, 0.2) is 11.2 Å². The van der Waals surface area contributed by atoms with Crippen LogP contribution in [0.1, 0.15) is 0 Å². The van der Waals surface area contributed by atoms with Crippen LogP contribution < -0.4 is 0 Å². The van der Waals surface area contributed by atoms with Gasteiger partial charge < -0.3 is 0 Å². The number of hydrogen-bond donors (Lipinski definition) is 1. The molecule has 0 spiro atoms. The Hall–Kier alpha value is 0.520. The second kappa shape index (κ2) is 2.19. The van der Waals surface area contributed by atoms with Gasteiger partial charge in [0, 0.05) is 0 Å². The molecular formula is C5H13PS. The molecular weight excluding hydrogens is 123 g/mol. The van der Waals surface area contributed by atoms with Gasteiger partial charge in [0.2, 0.25) is 0 Å². The van der Waals surface area contributed by atoms with Gasteiger partial charge in [-0.2, -0.15) is 0 Å². The Morgan fingerprint density at radius 2 is 1.57 bits per heavy atom. The summed E-state index contributed by atoms with van der Waals surface area (Å²) in [5.41, 5.74) is 0. The first-order chi connectivity index (χ1) is 2.94. The predicted molar refractivity (Wildman–Crippen MR) is 44.2 cm³/mol. The van der Waals surface area contributed by atoms with Crippen molar-refractivity contribution in [3.8, 4) is 0 Å². The van der Waals surface area contributed by atoms with Gasteiger partial charge in [0.15, 0.2) is 0 Å². The summed E-state index contributed by atoms with van der Waals surface area (Å²) in [4.78, 5) is 0. The first-order valence-electron chi connectivity index (χ1n) is 2.33. The van der Waals surface area contributed by atoms with Gasteiger partial charge in [-0.15, -0.1) is 0 Å². The molecule has 0 aliphatic carbocycles. The summed E-state index contributed by atoms with van der Waals surface area (Å²) in [7, 11) is -1.06. The van der Waals surface area contributed by atoms with Gasteiger partial charge in [-0.1, -0.05) is 0 Å². The van der Waals surface area contributed by atoms with Crippen molar-refractivity contribution in [1.82, 2.24) is 0 Å². The predicted octanol–water partition coefficient (Wildman–Crippen LogP) is 2.03. The van der Waals surface area contributed by atoms with Crippen LogP contribution in [-0.2, 0) is 0 Å². The van der Waals surface area contributed by atoms with Gasteiger partial charge in [-0.25, -0.2) is 0 Å². The zero-order valence-corrected chi connectivity index (χ0v) is 7.05. The molecule has 0 amide bonds. The van der Waals surface area contributed by atoms with E-state index in [1.54, 1.807) is 0 Å². The van der Waals surface area contributed by atoms with Crippen molar-refractivity contribution < 1.29 is 0 Å². The molecule has 0 aromatic rings. The fourth-order valence-corrected chi connectivity index (χ4v) is 0. The molecule has 0 saturated carbocycles. The maximum absolute atomic E-state index is 4.15. The third-order valence-electron chi connectivity index (χ3n) is 0.866. The average molecular weight is 136 g/mol. The fraction of sp³-hybridized carbons (Fsp3) is 0.600. The molecule has 7 heavy (non-hydrogen) atoms. The first kappa shape index (κ1) is 7.52. The normalized spacial score (nSPS) is 13.7. The van der Waals surface area contributed by atoms with E-state index >= 15 is 0 Å². The van der Waals surface area contributed by atoms with Gasteiger partial charge in [-0.05, 0) is 0 Å². The standard InChI is InChI=1S/C5H13PS/c1-5(7)6(2,3)4/h6-7H,1H2,2-4H3. The van der Waals surface area contributed by atoms with E-state index in [1.807, 2.05) is 0 Å². The van der Waals surface area contributed by atoms with Gasteiger partial charge >= 0.3 is 51.1 Å². The van der Waals surface area contributed by atoms with Crippen LogP contribution in [0.3, 0.4) is 0 Å². The number of rotatable bonds is 1. The van der Waals surface area contributed by atoms with Crippen LogP contribution in [0, 0.1) is 0 Å². The van der Waals surface area contributed by atoms with Crippen molar-refractivity contribution in [2.75, 3.05) is 20.0 Å². The molecule has 0 rings (SSSR count). The van der Waals surface area contributed by atoms with Crippen molar-refractivity contribution in [2.45, 2.75) is 0 Å². The molecule has 0 aliphatic rings. The van der Waals surface area contributed by atoms with Gasteiger partial charge in [0.25, 0.3) is 0 Å². The topological polar surface area (TPSA) is 0 Å². The van der Waals surface area contributed by atoms with Crippen LogP contribution in [0.25, 0.3) is 0 Å². The molecule has 2 heteroatoms. The summed E-state index contributed by atoms with van der Waals surface area (Å²) < 4.78 is 1.08. The Bertz CT molecular complexity index is 80.6. The van der Waals surface area contributed by atoms with Crippen molar-refractivity contribution in [2.24, 2.45) is 0 Å². The molecule has 0 N–H and O–H groups in total. The van der Waals surface area contributed by atoms with Gasteiger partial charge in [-0.3, -0.25) is 0 Å². The second-order valence-corrected chi connectivity index (χ2v) is 8.76. The quantitative estimate of drug-likeness (QED) is 0.414. The molecule has 0 atom stereocenters. The van der Waals surface area contributed by atoms with E-state index < -0.39 is 7.26 Å². The molecule has 0 saturated heterocycles. The summed E-state index contributed by atoms with van der Waals surface area (Å²) in [5, 5.41) is 0. The first-order valence-corrected chi connectivity index (χ1v) is 6.27. The van der Waals surface area contributed by atoms with Crippen LogP contribution in [0.5, 0.6) is 0 Å². The minimum atomic E-state index is -1.06. The zero-order chi connectivity index (χ0) is 6.08. The van der Waals surface area contributed by atoms with Gasteiger partial charge in [0.05, 0.1) is 0 Å². The molecule has 0 bridgehead atoms. The summed E-state index contributed by atoms with van der Waals surface area (Å²) in [6, 6.07) is 0. The fourth-order valence-electron chi connectivity index (χ4n) is 0. The van der Waals surface area contributed by atoms with E-state index in [1.165, 1.54) is 0 Å². The van der Waals surface area contributed by atoms with Crippen LogP contribution in [0.4, 0.5) is 0 Å². The van der Waals surface area contributed by atoms with E-state index in [-0.39, 0.29) is 0 Å². The monoisotopic (exact) mass is 136 g/mol. The van der Waals surface area contributed by atoms with Crippen molar-refractivity contribution >= 4 is 19.9 Å². The molecule has 0 heterocycles. The van der Waals surface area contributed by atoms with Gasteiger partial charge in [0.1, 0.15) is 0 Å². The second-order valence-electron chi connectivity index (χ2n) is 2.70. The van der Waals surface area contributed by atoms with E-state index in [0.29, 0.717) is 0 Å². The minimum absolute atomic E-state index is 1.06. The van der Waals surface area contributed by atoms with E-state index in [2.05, 4.69) is 39.2 Å². The molecule has 0 unspecified atom stereocenters. The molecule has 0 aliphatic heterocycles. The molecule has 0 radical (unpaired) electrons. The Labute approximate surface area is 51.7 Å². The Kier molecular flexibility index (Phi) is 2.35. The Balaban J connectivity index is 3.79. The summed E-state index contributed by atoms with van der Waals surface area (Å²) >= 11 is 4.15. The number of thiol groups is 1. The molecule has 0 nitrogen and oxygen atoms in total. The SMILES string of the molecule is C=C(S)[PH](C)(C)C. The Morgan fingerprint density at radius 3 is 1.57 bits per heavy atom. The molecule has 44 valence electrons. The average Bonchev–Trinajstić information content (AvgIpc) is 1.31. The summed E-state index contributed by atoms with van der Waals surface area (Å²) in [6.45, 7) is 10.4. The third kappa shape index (κ3) is 3.13. The van der Waals surface area contributed by atoms with E-state index in [4.69, 9.17) is 0 Å². The summed E-state index contributed by atoms with van der Waals surface area (Å²) in [6.07, 6.45) is 0. The van der Waals surface area contributed by atoms with Crippen molar-refractivity contribution in [3.05, 3.63) is 11.2 Å². The van der Waals surface area contributed by atoms with Crippen LogP contribution in [-0.4, -0.2) is 20.0 Å². The van der Waals surface area contributed by atoms with Crippen LogP contribution >= 0.6 is 19.9 Å². The molecule has 0 fully saturated rings. The van der Waals surface area contributed by atoms with E-state index in [0.717, 1.165) is 4.65 Å². The maximum atomic E-state index is 4.15. The number of hydrogen-bond acceptors (Lipinski definition) is 1.